The first-order valence-electron chi connectivity index (χ1n) is 24.6. The molecule has 0 saturated carbocycles. The lowest BCUT2D eigenvalue weighted by Gasteiger charge is -2.14. The molecule has 0 amide bonds. The summed E-state index contributed by atoms with van der Waals surface area (Å²) in [7, 11) is 0. The van der Waals surface area contributed by atoms with Crippen molar-refractivity contribution in [1.29, 1.82) is 5.26 Å². The molecule has 4 aromatic heterocycles. The van der Waals surface area contributed by atoms with Gasteiger partial charge in [0.15, 0.2) is 11.5 Å². The van der Waals surface area contributed by atoms with Gasteiger partial charge in [-0.25, -0.2) is 19.7 Å². The minimum atomic E-state index is 0.521. The second kappa shape index (κ2) is 17.2. The predicted octanol–water partition coefficient (Wildman–Crippen LogP) is 17.4. The molecule has 0 bridgehead atoms. The molecule has 14 aromatic rings. The summed E-state index contributed by atoms with van der Waals surface area (Å²) < 4.78 is 6.78. The van der Waals surface area contributed by atoms with Crippen molar-refractivity contribution in [3.05, 3.63) is 259 Å². The Morgan fingerprint density at radius 3 is 1.44 bits per heavy atom. The van der Waals surface area contributed by atoms with Crippen LogP contribution in [-0.2, 0) is 0 Å². The highest BCUT2D eigenvalue weighted by molar-refractivity contribution is 6.14. The molecule has 8 nitrogen and oxygen atoms in total. The summed E-state index contributed by atoms with van der Waals surface area (Å²) in [5, 5.41) is 16.1. The van der Waals surface area contributed by atoms with Gasteiger partial charge >= 0.3 is 0 Å². The van der Waals surface area contributed by atoms with Gasteiger partial charge in [-0.3, -0.25) is 0 Å². The van der Waals surface area contributed by atoms with E-state index in [0.29, 0.717) is 22.8 Å². The fourth-order valence-electron chi connectivity index (χ4n) is 11.0. The van der Waals surface area contributed by atoms with Crippen molar-refractivity contribution in [3.63, 3.8) is 0 Å². The first kappa shape index (κ1) is 43.0. The van der Waals surface area contributed by atoms with E-state index in [0.717, 1.165) is 122 Å². The van der Waals surface area contributed by atoms with Crippen molar-refractivity contribution < 1.29 is 0 Å². The average Bonchev–Trinajstić information content (AvgIpc) is 4.17. The van der Waals surface area contributed by atoms with Gasteiger partial charge in [-0.1, -0.05) is 133 Å². The van der Waals surface area contributed by atoms with Gasteiger partial charge in [-0.2, -0.15) is 5.26 Å². The maximum Gasteiger partial charge on any atom is 0.211 e. The minimum Gasteiger partial charge on any atom is -0.319 e. The molecule has 0 radical (unpaired) electrons. The van der Waals surface area contributed by atoms with Gasteiger partial charge in [0.05, 0.1) is 75.0 Å². The van der Waals surface area contributed by atoms with Crippen molar-refractivity contribution in [2.45, 2.75) is 0 Å². The van der Waals surface area contributed by atoms with Gasteiger partial charge in [0, 0.05) is 55.0 Å². The maximum atomic E-state index is 9.88. The van der Waals surface area contributed by atoms with E-state index in [4.69, 9.17) is 23.1 Å². The summed E-state index contributed by atoms with van der Waals surface area (Å²) in [5.41, 5.74) is 17.0. The number of rotatable bonds is 7. The van der Waals surface area contributed by atoms with Gasteiger partial charge in [-0.05, 0) is 114 Å². The summed E-state index contributed by atoms with van der Waals surface area (Å²) in [5.74, 6) is 0.662. The van der Waals surface area contributed by atoms with Crippen molar-refractivity contribution in [2.24, 2.45) is 0 Å². The molecular formula is C67H38N8. The summed E-state index contributed by atoms with van der Waals surface area (Å²) in [6, 6.07) is 80.8. The lowest BCUT2D eigenvalue weighted by atomic mass is 10.0. The first-order chi connectivity index (χ1) is 37.0. The van der Waals surface area contributed by atoms with E-state index in [1.54, 1.807) is 0 Å². The number of nitrogens with zero attached hydrogens (tertiary/aromatic N) is 8. The Morgan fingerprint density at radius 1 is 0.360 bits per heavy atom. The van der Waals surface area contributed by atoms with Crippen LogP contribution in [0.2, 0.25) is 0 Å². The normalized spacial score (nSPS) is 11.4. The smallest absolute Gasteiger partial charge is 0.211 e. The number of hydrogen-bond acceptors (Lipinski definition) is 3. The second-order valence-electron chi connectivity index (χ2n) is 18.7. The summed E-state index contributed by atoms with van der Waals surface area (Å²) in [4.78, 5) is 18.0. The largest absolute Gasteiger partial charge is 0.319 e. The molecule has 10 aromatic carbocycles. The van der Waals surface area contributed by atoms with Gasteiger partial charge in [0.2, 0.25) is 5.69 Å². The van der Waals surface area contributed by atoms with Crippen molar-refractivity contribution in [2.75, 3.05) is 0 Å². The SMILES string of the molecule is [C-]#[N+]c1ccc2c(c1)c1ccccc1n2-c1ccc2c(c1)c1cc(-n3c4ccccc4c4cc(C#N)ccc43)ccc1n2-c1ccc(-c2ccc(-c3cc(-c4ccccc4)nc(-c4ccccc4)n3)cc2)cc1[N+]#[C-]. The van der Waals surface area contributed by atoms with Crippen LogP contribution in [-0.4, -0.2) is 23.7 Å². The number of fused-ring (bicyclic) bond motifs is 9. The van der Waals surface area contributed by atoms with Crippen LogP contribution in [0.25, 0.3) is 137 Å². The van der Waals surface area contributed by atoms with Gasteiger partial charge in [-0.15, -0.1) is 0 Å². The molecule has 0 fully saturated rings. The number of benzene rings is 10. The van der Waals surface area contributed by atoms with Crippen LogP contribution >= 0.6 is 0 Å². The fraction of sp³-hybridized carbons (Fsp3) is 0. The zero-order chi connectivity index (χ0) is 50.1. The first-order valence-corrected chi connectivity index (χ1v) is 24.6. The highest BCUT2D eigenvalue weighted by Crippen LogP contribution is 2.43. The standard InChI is InChI=1S/C67H38N8/c1-69-48-27-32-63-54(37-48)52-18-10-12-20-61(52)74(63)50-29-34-65-56(39-50)55-38-49(73-60-19-11-9-17-51(60)53-35-42(41-68)21-30-62(53)73)28-33-64(55)75(65)66-31-26-47(36-59(66)70-2)43-22-24-45(25-23-43)58-40-57(44-13-5-3-6-14-44)71-67(72-58)46-15-7-4-8-16-46/h3-40H. The number of para-hydroxylation sites is 2. The van der Waals surface area contributed by atoms with E-state index < -0.39 is 0 Å². The van der Waals surface area contributed by atoms with Gasteiger partial charge in [0.1, 0.15) is 0 Å². The van der Waals surface area contributed by atoms with Gasteiger partial charge < -0.3 is 13.7 Å². The lowest BCUT2D eigenvalue weighted by Crippen LogP contribution is -1.97. The molecule has 8 heteroatoms. The Morgan fingerprint density at radius 2 is 0.840 bits per heavy atom. The van der Waals surface area contributed by atoms with Crippen LogP contribution in [0.1, 0.15) is 5.56 Å². The molecular weight excluding hydrogens is 917 g/mol. The zero-order valence-electron chi connectivity index (χ0n) is 40.0. The number of hydrogen-bond donors (Lipinski definition) is 0. The molecule has 346 valence electrons. The molecule has 0 unspecified atom stereocenters. The second-order valence-corrected chi connectivity index (χ2v) is 18.7. The van der Waals surface area contributed by atoms with E-state index in [1.807, 2.05) is 109 Å². The average molecular weight is 955 g/mol. The summed E-state index contributed by atoms with van der Waals surface area (Å²) >= 11 is 0. The number of aromatic nitrogens is 5. The molecule has 0 spiro atoms. The van der Waals surface area contributed by atoms with Crippen LogP contribution in [0.4, 0.5) is 11.4 Å². The van der Waals surface area contributed by atoms with Crippen LogP contribution in [0.5, 0.6) is 0 Å². The Kier molecular flexibility index (Phi) is 9.85. The maximum absolute atomic E-state index is 9.88. The molecule has 14 rings (SSSR count). The highest BCUT2D eigenvalue weighted by Gasteiger charge is 2.21. The number of nitriles is 1. The third-order valence-corrected chi connectivity index (χ3v) is 14.5. The van der Waals surface area contributed by atoms with Crippen LogP contribution in [0.15, 0.2) is 231 Å². The minimum absolute atomic E-state index is 0.521. The lowest BCUT2D eigenvalue weighted by molar-refractivity contribution is 1.16. The van der Waals surface area contributed by atoms with E-state index in [-0.39, 0.29) is 0 Å². The quantitative estimate of drug-likeness (QED) is 0.149. The third-order valence-electron chi connectivity index (χ3n) is 14.5. The predicted molar refractivity (Wildman–Crippen MR) is 304 cm³/mol. The molecule has 0 aliphatic rings. The monoisotopic (exact) mass is 954 g/mol. The Hall–Kier alpha value is -10.9. The highest BCUT2D eigenvalue weighted by atomic mass is 15.0. The Labute approximate surface area is 430 Å². The Balaban J connectivity index is 0.926. The van der Waals surface area contributed by atoms with Gasteiger partial charge in [0.25, 0.3) is 0 Å². The molecule has 75 heavy (non-hydrogen) atoms. The molecule has 0 atom stereocenters. The third kappa shape index (κ3) is 6.96. The van der Waals surface area contributed by atoms with Crippen LogP contribution < -0.4 is 0 Å². The molecule has 0 saturated heterocycles. The van der Waals surface area contributed by atoms with E-state index >= 15 is 0 Å². The summed E-state index contributed by atoms with van der Waals surface area (Å²) in [6.07, 6.45) is 0. The molecule has 0 aliphatic carbocycles. The zero-order valence-corrected chi connectivity index (χ0v) is 40.0. The van der Waals surface area contributed by atoms with Crippen molar-refractivity contribution in [3.8, 4) is 68.2 Å². The molecule has 0 N–H and O–H groups in total. The molecule has 0 aliphatic heterocycles. The topological polar surface area (TPSA) is 73.1 Å². The van der Waals surface area contributed by atoms with Crippen LogP contribution in [0.3, 0.4) is 0 Å². The van der Waals surface area contributed by atoms with E-state index in [1.165, 1.54) is 0 Å². The van der Waals surface area contributed by atoms with Crippen molar-refractivity contribution in [1.82, 2.24) is 23.7 Å². The fourth-order valence-corrected chi connectivity index (χ4v) is 11.0. The van der Waals surface area contributed by atoms with Crippen LogP contribution in [0, 0.1) is 24.5 Å². The van der Waals surface area contributed by atoms with Crippen molar-refractivity contribution >= 4 is 76.8 Å². The van der Waals surface area contributed by atoms with E-state index in [2.05, 4.69) is 151 Å². The molecule has 4 heterocycles. The Bertz CT molecular complexity index is 4540. The van der Waals surface area contributed by atoms with E-state index in [9.17, 15) is 5.26 Å². The summed E-state index contributed by atoms with van der Waals surface area (Å²) in [6.45, 7) is 16.4.